The predicted molar refractivity (Wildman–Crippen MR) is 125 cm³/mol. The van der Waals surface area contributed by atoms with Crippen LogP contribution in [-0.4, -0.2) is 57.6 Å². The minimum atomic E-state index is -0.713. The van der Waals surface area contributed by atoms with E-state index < -0.39 is 11.9 Å². The number of ether oxygens (including phenoxy) is 1. The lowest BCUT2D eigenvalue weighted by Gasteiger charge is -2.45. The van der Waals surface area contributed by atoms with Gasteiger partial charge in [0.15, 0.2) is 0 Å². The zero-order valence-electron chi connectivity index (χ0n) is 19.5. The molecule has 176 valence electrons. The molecule has 1 aromatic carbocycles. The molecule has 32 heavy (non-hydrogen) atoms. The minimum Gasteiger partial charge on any atom is -0.494 e. The van der Waals surface area contributed by atoms with E-state index in [-0.39, 0.29) is 12.3 Å². The Morgan fingerprint density at radius 2 is 1.81 bits per heavy atom. The van der Waals surface area contributed by atoms with Crippen LogP contribution in [0.4, 0.5) is 11.4 Å². The molecule has 3 heterocycles. The summed E-state index contributed by atoms with van der Waals surface area (Å²) < 4.78 is 5.58. The van der Waals surface area contributed by atoms with Crippen LogP contribution in [0.3, 0.4) is 0 Å². The average Bonchev–Trinajstić information content (AvgIpc) is 2.83. The maximum atomic E-state index is 12.3. The molecular weight excluding hydrogens is 408 g/mol. The van der Waals surface area contributed by atoms with Gasteiger partial charge in [0, 0.05) is 31.3 Å². The van der Waals surface area contributed by atoms with Crippen molar-refractivity contribution in [1.82, 2.24) is 10.6 Å². The van der Waals surface area contributed by atoms with Crippen LogP contribution in [0.1, 0.15) is 52.4 Å². The highest BCUT2D eigenvalue weighted by molar-refractivity contribution is 6.04. The van der Waals surface area contributed by atoms with Crippen molar-refractivity contribution in [2.45, 2.75) is 58.4 Å². The maximum Gasteiger partial charge on any atom is 0.249 e. The molecule has 0 aliphatic carbocycles. The van der Waals surface area contributed by atoms with Gasteiger partial charge in [0.2, 0.25) is 18.2 Å². The lowest BCUT2D eigenvalue weighted by atomic mass is 9.71. The van der Waals surface area contributed by atoms with Crippen molar-refractivity contribution in [1.29, 1.82) is 0 Å². The van der Waals surface area contributed by atoms with Crippen molar-refractivity contribution in [3.8, 4) is 5.75 Å². The standard InChI is InChI=1S/C22H30N4O4.C2H6/c1-30-19-14-16(25-12-8-22(9-13-25)6-10-23-11-7-22)2-3-17(19)26(15-27)18-4-5-20(28)24-21(18)29;1-2/h2-3,14-15,18,23H,4-13H2,1H3,(H,24,28,29);1-2H3. The van der Waals surface area contributed by atoms with Crippen LogP contribution in [0.25, 0.3) is 0 Å². The van der Waals surface area contributed by atoms with E-state index in [1.165, 1.54) is 30.6 Å². The van der Waals surface area contributed by atoms with Crippen LogP contribution in [0.15, 0.2) is 18.2 Å². The molecule has 3 amide bonds. The third kappa shape index (κ3) is 5.06. The van der Waals surface area contributed by atoms with Gasteiger partial charge in [-0.2, -0.15) is 0 Å². The minimum absolute atomic E-state index is 0.214. The number of hydrogen-bond donors (Lipinski definition) is 2. The molecule has 3 saturated heterocycles. The monoisotopic (exact) mass is 444 g/mol. The van der Waals surface area contributed by atoms with E-state index in [4.69, 9.17) is 4.74 Å². The van der Waals surface area contributed by atoms with Gasteiger partial charge in [0.25, 0.3) is 0 Å². The summed E-state index contributed by atoms with van der Waals surface area (Å²) in [5.74, 6) is -0.208. The first-order valence-corrected chi connectivity index (χ1v) is 11.8. The summed E-state index contributed by atoms with van der Waals surface area (Å²) in [5.41, 5.74) is 2.08. The zero-order valence-corrected chi connectivity index (χ0v) is 19.5. The average molecular weight is 445 g/mol. The van der Waals surface area contributed by atoms with Crippen molar-refractivity contribution in [3.05, 3.63) is 18.2 Å². The first-order valence-electron chi connectivity index (χ1n) is 11.8. The number of imide groups is 1. The number of nitrogens with one attached hydrogen (secondary N) is 2. The molecule has 1 spiro atoms. The quantitative estimate of drug-likeness (QED) is 0.536. The van der Waals surface area contributed by atoms with Crippen LogP contribution in [0, 0.1) is 5.41 Å². The van der Waals surface area contributed by atoms with Crippen molar-refractivity contribution >= 4 is 29.6 Å². The lowest BCUT2D eigenvalue weighted by molar-refractivity contribution is -0.134. The van der Waals surface area contributed by atoms with Gasteiger partial charge in [-0.15, -0.1) is 0 Å². The number of hydrogen-bond acceptors (Lipinski definition) is 6. The molecule has 0 radical (unpaired) electrons. The van der Waals surface area contributed by atoms with Gasteiger partial charge >= 0.3 is 0 Å². The summed E-state index contributed by atoms with van der Waals surface area (Å²) >= 11 is 0. The number of carbonyl (C=O) groups is 3. The van der Waals surface area contributed by atoms with Gasteiger partial charge in [-0.05, 0) is 62.7 Å². The highest BCUT2D eigenvalue weighted by Gasteiger charge is 2.36. The molecule has 1 atom stereocenters. The van der Waals surface area contributed by atoms with Crippen LogP contribution >= 0.6 is 0 Å². The van der Waals surface area contributed by atoms with Crippen LogP contribution in [0.5, 0.6) is 5.75 Å². The SMILES string of the molecule is CC.COc1cc(N2CCC3(CCNCC3)CC2)ccc1N(C=O)C1CCC(=O)NC1=O. The lowest BCUT2D eigenvalue weighted by Crippen LogP contribution is -2.52. The molecule has 1 aromatic rings. The Hall–Kier alpha value is -2.61. The summed E-state index contributed by atoms with van der Waals surface area (Å²) in [7, 11) is 1.57. The molecule has 3 aliphatic heterocycles. The molecule has 3 fully saturated rings. The van der Waals surface area contributed by atoms with Crippen molar-refractivity contribution in [2.24, 2.45) is 5.41 Å². The van der Waals surface area contributed by atoms with E-state index in [1.807, 2.05) is 32.0 Å². The van der Waals surface area contributed by atoms with Crippen molar-refractivity contribution < 1.29 is 19.1 Å². The third-order valence-electron chi connectivity index (χ3n) is 6.95. The fourth-order valence-corrected chi connectivity index (χ4v) is 5.02. The van der Waals surface area contributed by atoms with Gasteiger partial charge < -0.3 is 15.0 Å². The zero-order chi connectivity index (χ0) is 23.1. The largest absolute Gasteiger partial charge is 0.494 e. The molecule has 1 unspecified atom stereocenters. The summed E-state index contributed by atoms with van der Waals surface area (Å²) in [6.45, 7) is 8.24. The molecule has 8 heteroatoms. The fourth-order valence-electron chi connectivity index (χ4n) is 5.02. The van der Waals surface area contributed by atoms with E-state index in [2.05, 4.69) is 15.5 Å². The third-order valence-corrected chi connectivity index (χ3v) is 6.95. The van der Waals surface area contributed by atoms with E-state index in [0.29, 0.717) is 29.7 Å². The van der Waals surface area contributed by atoms with E-state index in [9.17, 15) is 14.4 Å². The van der Waals surface area contributed by atoms with Crippen molar-refractivity contribution in [3.63, 3.8) is 0 Å². The summed E-state index contributed by atoms with van der Waals surface area (Å²) in [4.78, 5) is 39.3. The molecule has 0 bridgehead atoms. The first-order chi connectivity index (χ1) is 15.5. The van der Waals surface area contributed by atoms with Gasteiger partial charge in [-0.25, -0.2) is 0 Å². The number of nitrogens with zero attached hydrogens (tertiary/aromatic N) is 2. The second-order valence-corrected chi connectivity index (χ2v) is 8.57. The maximum absolute atomic E-state index is 12.3. The molecule has 4 rings (SSSR count). The number of anilines is 2. The predicted octanol–water partition coefficient (Wildman–Crippen LogP) is 2.46. The Kier molecular flexibility index (Phi) is 8.12. The summed E-state index contributed by atoms with van der Waals surface area (Å²) in [6, 6.07) is 5.05. The Balaban J connectivity index is 0.00000141. The molecule has 0 aromatic heterocycles. The Bertz CT molecular complexity index is 812. The molecule has 0 saturated carbocycles. The number of rotatable bonds is 5. The van der Waals surface area contributed by atoms with Gasteiger partial charge in [-0.1, -0.05) is 13.8 Å². The van der Waals surface area contributed by atoms with Crippen LogP contribution in [-0.2, 0) is 14.4 Å². The number of benzene rings is 1. The molecular formula is C24H36N4O4. The Morgan fingerprint density at radius 3 is 2.41 bits per heavy atom. The number of methoxy groups -OCH3 is 1. The Morgan fingerprint density at radius 1 is 1.12 bits per heavy atom. The molecule has 3 aliphatic rings. The number of carbonyl (C=O) groups excluding carboxylic acids is 3. The van der Waals surface area contributed by atoms with Gasteiger partial charge in [0.05, 0.1) is 12.8 Å². The number of amides is 3. The van der Waals surface area contributed by atoms with E-state index in [1.54, 1.807) is 7.11 Å². The molecule has 2 N–H and O–H groups in total. The second-order valence-electron chi connectivity index (χ2n) is 8.57. The summed E-state index contributed by atoms with van der Waals surface area (Å²) in [5, 5.41) is 5.77. The normalized spacial score (nSPS) is 22.5. The number of piperidine rings is 3. The van der Waals surface area contributed by atoms with Crippen molar-refractivity contribution in [2.75, 3.05) is 43.1 Å². The van der Waals surface area contributed by atoms with Gasteiger partial charge in [-0.3, -0.25) is 24.6 Å². The Labute approximate surface area is 190 Å². The van der Waals surface area contributed by atoms with E-state index >= 15 is 0 Å². The van der Waals surface area contributed by atoms with E-state index in [0.717, 1.165) is 31.9 Å². The first kappa shape index (κ1) is 24.0. The highest BCUT2D eigenvalue weighted by Crippen LogP contribution is 2.42. The topological polar surface area (TPSA) is 91.0 Å². The molecule has 8 nitrogen and oxygen atoms in total. The second kappa shape index (κ2) is 10.8. The highest BCUT2D eigenvalue weighted by atomic mass is 16.5. The smallest absolute Gasteiger partial charge is 0.249 e. The van der Waals surface area contributed by atoms with Crippen LogP contribution in [0.2, 0.25) is 0 Å². The van der Waals surface area contributed by atoms with Gasteiger partial charge in [0.1, 0.15) is 11.8 Å². The van der Waals surface area contributed by atoms with Crippen LogP contribution < -0.4 is 25.2 Å². The summed E-state index contributed by atoms with van der Waals surface area (Å²) in [6.07, 6.45) is 6.04. The fraction of sp³-hybridized carbons (Fsp3) is 0.625.